The molecule has 0 radical (unpaired) electrons. The van der Waals surface area contributed by atoms with Gasteiger partial charge in [0.2, 0.25) is 11.8 Å². The molecule has 0 aliphatic rings. The third kappa shape index (κ3) is 4.84. The summed E-state index contributed by atoms with van der Waals surface area (Å²) in [6.45, 7) is 0. The molecule has 0 atom stereocenters. The van der Waals surface area contributed by atoms with Crippen LogP contribution in [0.15, 0.2) is 63.6 Å². The van der Waals surface area contributed by atoms with Crippen LogP contribution >= 0.6 is 23.1 Å². The van der Waals surface area contributed by atoms with E-state index in [0.717, 1.165) is 28.8 Å². The Balaban J connectivity index is 1.33. The van der Waals surface area contributed by atoms with Gasteiger partial charge < -0.3 is 14.5 Å². The minimum absolute atomic E-state index is 0.0717. The fourth-order valence-corrected chi connectivity index (χ4v) is 3.81. The number of methoxy groups -OCH3 is 1. The summed E-state index contributed by atoms with van der Waals surface area (Å²) in [6, 6.07) is 13.4. The van der Waals surface area contributed by atoms with Gasteiger partial charge >= 0.3 is 0 Å². The van der Waals surface area contributed by atoms with E-state index in [9.17, 15) is 9.18 Å². The highest BCUT2D eigenvalue weighted by atomic mass is 32.2. The van der Waals surface area contributed by atoms with Crippen molar-refractivity contribution in [1.29, 1.82) is 0 Å². The number of benzene rings is 2. The lowest BCUT2D eigenvalue weighted by Crippen LogP contribution is -2.13. The van der Waals surface area contributed by atoms with E-state index in [4.69, 9.17) is 9.15 Å². The molecule has 0 saturated carbocycles. The number of hydrogen-bond acceptors (Lipinski definition) is 8. The summed E-state index contributed by atoms with van der Waals surface area (Å²) in [5.74, 6) is 0.392. The van der Waals surface area contributed by atoms with Gasteiger partial charge in [-0.25, -0.2) is 9.37 Å². The maximum atomic E-state index is 13.3. The highest BCUT2D eigenvalue weighted by molar-refractivity contribution is 7.99. The van der Waals surface area contributed by atoms with Crippen molar-refractivity contribution in [3.8, 4) is 28.5 Å². The topological polar surface area (TPSA) is 90.1 Å². The summed E-state index contributed by atoms with van der Waals surface area (Å²) in [4.78, 5) is 16.6. The lowest BCUT2D eigenvalue weighted by Gasteiger charge is -2.01. The van der Waals surface area contributed by atoms with Gasteiger partial charge in [-0.15, -0.1) is 21.5 Å². The van der Waals surface area contributed by atoms with Crippen molar-refractivity contribution < 1.29 is 18.3 Å². The maximum Gasteiger partial charge on any atom is 0.277 e. The Morgan fingerprint density at radius 1 is 1.20 bits per heavy atom. The summed E-state index contributed by atoms with van der Waals surface area (Å²) in [5.41, 5.74) is 2.17. The summed E-state index contributed by atoms with van der Waals surface area (Å²) < 4.78 is 23.9. The summed E-state index contributed by atoms with van der Waals surface area (Å²) >= 11 is 2.43. The molecule has 10 heteroatoms. The second kappa shape index (κ2) is 9.06. The molecule has 4 aromatic rings. The molecule has 2 aromatic heterocycles. The minimum atomic E-state index is -0.392. The molecule has 0 saturated heterocycles. The first kappa shape index (κ1) is 20.0. The van der Waals surface area contributed by atoms with E-state index in [2.05, 4.69) is 20.5 Å². The van der Waals surface area contributed by atoms with E-state index < -0.39 is 5.82 Å². The third-order valence-corrected chi connectivity index (χ3v) is 5.52. The standard InChI is InChI=1S/C20H15FN4O3S2/c1-27-15-7-5-12(6-8-15)16-10-29-19(22-16)23-17(26)11-30-20-25-24-18(28-20)13-3-2-4-14(21)9-13/h2-10H,11H2,1H3,(H,22,23,26). The Morgan fingerprint density at radius 3 is 2.80 bits per heavy atom. The van der Waals surface area contributed by atoms with Crippen molar-refractivity contribution in [2.24, 2.45) is 0 Å². The number of thioether (sulfide) groups is 1. The van der Waals surface area contributed by atoms with E-state index >= 15 is 0 Å². The highest BCUT2D eigenvalue weighted by Crippen LogP contribution is 2.27. The molecule has 2 aromatic carbocycles. The average Bonchev–Trinajstić information content (AvgIpc) is 3.42. The van der Waals surface area contributed by atoms with Gasteiger partial charge in [0.15, 0.2) is 5.13 Å². The van der Waals surface area contributed by atoms with Crippen molar-refractivity contribution in [1.82, 2.24) is 15.2 Å². The molecule has 1 N–H and O–H groups in total. The zero-order valence-electron chi connectivity index (χ0n) is 15.7. The Labute approximate surface area is 179 Å². The molecule has 0 bridgehead atoms. The van der Waals surface area contributed by atoms with Gasteiger partial charge in [0, 0.05) is 16.5 Å². The smallest absolute Gasteiger partial charge is 0.277 e. The number of anilines is 1. The van der Waals surface area contributed by atoms with Crippen molar-refractivity contribution in [3.63, 3.8) is 0 Å². The first-order chi connectivity index (χ1) is 14.6. The van der Waals surface area contributed by atoms with Crippen LogP contribution in [0, 0.1) is 5.82 Å². The van der Waals surface area contributed by atoms with Gasteiger partial charge in [0.05, 0.1) is 18.6 Å². The number of ether oxygens (including phenoxy) is 1. The van der Waals surface area contributed by atoms with Crippen molar-refractivity contribution in [3.05, 3.63) is 59.7 Å². The molecule has 0 spiro atoms. The monoisotopic (exact) mass is 442 g/mol. The van der Waals surface area contributed by atoms with Crippen LogP contribution in [0.2, 0.25) is 0 Å². The molecule has 4 rings (SSSR count). The number of carbonyl (C=O) groups is 1. The van der Waals surface area contributed by atoms with Gasteiger partial charge in [0.25, 0.3) is 5.22 Å². The number of carbonyl (C=O) groups excluding carboxylic acids is 1. The minimum Gasteiger partial charge on any atom is -0.497 e. The van der Waals surface area contributed by atoms with Crippen LogP contribution in [-0.2, 0) is 4.79 Å². The van der Waals surface area contributed by atoms with E-state index in [1.165, 1.54) is 23.5 Å². The molecular formula is C20H15FN4O3S2. The number of halogens is 1. The molecule has 0 unspecified atom stereocenters. The zero-order chi connectivity index (χ0) is 20.9. The summed E-state index contributed by atoms with van der Waals surface area (Å²) in [7, 11) is 1.61. The number of hydrogen-bond donors (Lipinski definition) is 1. The molecule has 152 valence electrons. The summed E-state index contributed by atoms with van der Waals surface area (Å²) in [6.07, 6.45) is 0. The van der Waals surface area contributed by atoms with Gasteiger partial charge in [-0.05, 0) is 42.5 Å². The van der Waals surface area contributed by atoms with E-state index in [1.54, 1.807) is 19.2 Å². The Morgan fingerprint density at radius 2 is 2.03 bits per heavy atom. The number of aromatic nitrogens is 3. The molecule has 0 aliphatic carbocycles. The van der Waals surface area contributed by atoms with E-state index in [0.29, 0.717) is 10.7 Å². The molecule has 1 amide bonds. The zero-order valence-corrected chi connectivity index (χ0v) is 17.3. The largest absolute Gasteiger partial charge is 0.497 e. The molecule has 0 aliphatic heterocycles. The van der Waals surface area contributed by atoms with E-state index in [1.807, 2.05) is 29.6 Å². The predicted octanol–water partition coefficient (Wildman–Crippen LogP) is 4.74. The quantitative estimate of drug-likeness (QED) is 0.414. The van der Waals surface area contributed by atoms with Crippen molar-refractivity contribution >= 4 is 34.1 Å². The molecule has 0 fully saturated rings. The van der Waals surface area contributed by atoms with E-state index in [-0.39, 0.29) is 22.8 Å². The number of nitrogens with zero attached hydrogens (tertiary/aromatic N) is 3. The SMILES string of the molecule is COc1ccc(-c2csc(NC(=O)CSc3nnc(-c4cccc(F)c4)o3)n2)cc1. The third-order valence-electron chi connectivity index (χ3n) is 3.94. The van der Waals surface area contributed by atoms with Gasteiger partial charge in [-0.2, -0.15) is 0 Å². The highest BCUT2D eigenvalue weighted by Gasteiger charge is 2.13. The van der Waals surface area contributed by atoms with Crippen molar-refractivity contribution in [2.75, 3.05) is 18.2 Å². The molecular weight excluding hydrogens is 427 g/mol. The Kier molecular flexibility index (Phi) is 6.05. The molecule has 7 nitrogen and oxygen atoms in total. The van der Waals surface area contributed by atoms with Crippen LogP contribution < -0.4 is 10.1 Å². The van der Waals surface area contributed by atoms with Crippen LogP contribution in [0.3, 0.4) is 0 Å². The van der Waals surface area contributed by atoms with Crippen molar-refractivity contribution in [2.45, 2.75) is 5.22 Å². The Bertz CT molecular complexity index is 1160. The normalized spacial score (nSPS) is 10.7. The number of nitrogens with one attached hydrogen (secondary N) is 1. The average molecular weight is 442 g/mol. The molecule has 2 heterocycles. The maximum absolute atomic E-state index is 13.3. The fraction of sp³-hybridized carbons (Fsp3) is 0.100. The first-order valence-electron chi connectivity index (χ1n) is 8.73. The second-order valence-electron chi connectivity index (χ2n) is 5.99. The number of amides is 1. The second-order valence-corrected chi connectivity index (χ2v) is 7.77. The first-order valence-corrected chi connectivity index (χ1v) is 10.6. The van der Waals surface area contributed by atoms with Crippen LogP contribution in [0.5, 0.6) is 5.75 Å². The Hall–Kier alpha value is -3.24. The van der Waals surface area contributed by atoms with Gasteiger partial charge in [-0.1, -0.05) is 17.8 Å². The van der Waals surface area contributed by atoms with Crippen LogP contribution in [0.1, 0.15) is 0 Å². The lowest BCUT2D eigenvalue weighted by atomic mass is 10.2. The number of thiazole rings is 1. The van der Waals surface area contributed by atoms with Gasteiger partial charge in [-0.3, -0.25) is 4.79 Å². The summed E-state index contributed by atoms with van der Waals surface area (Å²) in [5, 5.41) is 13.1. The van der Waals surface area contributed by atoms with Crippen LogP contribution in [0.4, 0.5) is 9.52 Å². The van der Waals surface area contributed by atoms with Crippen LogP contribution in [-0.4, -0.2) is 34.0 Å². The van der Waals surface area contributed by atoms with Crippen LogP contribution in [0.25, 0.3) is 22.7 Å². The van der Waals surface area contributed by atoms with Gasteiger partial charge in [0.1, 0.15) is 11.6 Å². The predicted molar refractivity (Wildman–Crippen MR) is 113 cm³/mol. The molecule has 30 heavy (non-hydrogen) atoms. The fourth-order valence-electron chi connectivity index (χ4n) is 2.51. The number of rotatable bonds is 7. The lowest BCUT2D eigenvalue weighted by molar-refractivity contribution is -0.113.